The third-order valence-electron chi connectivity index (χ3n) is 6.02. The van der Waals surface area contributed by atoms with Gasteiger partial charge in [0.1, 0.15) is 5.41 Å². The molecule has 0 spiro atoms. The Morgan fingerprint density at radius 3 is 2.25 bits per heavy atom. The van der Waals surface area contributed by atoms with Gasteiger partial charge in [-0.15, -0.1) is 0 Å². The molecule has 0 saturated heterocycles. The van der Waals surface area contributed by atoms with E-state index in [0.717, 1.165) is 31.7 Å². The van der Waals surface area contributed by atoms with Gasteiger partial charge in [-0.3, -0.25) is 4.79 Å². The van der Waals surface area contributed by atoms with Crippen LogP contribution < -0.4 is 10.8 Å². The minimum absolute atomic E-state index is 0.123. The molecule has 1 heterocycles. The maximum absolute atomic E-state index is 13.5. The molecule has 2 aromatic rings. The molecule has 1 aliphatic carbocycles. The smallest absolute Gasteiger partial charge is 0.423 e. The first-order valence-corrected chi connectivity index (χ1v) is 9.25. The molecular weight excluding hydrogens is 370 g/mol. The number of rotatable bonds is 3. The number of anilines is 1. The van der Waals surface area contributed by atoms with Gasteiger partial charge in [0.15, 0.2) is 0 Å². The van der Waals surface area contributed by atoms with Crippen molar-refractivity contribution >= 4 is 24.2 Å². The Labute approximate surface area is 160 Å². The van der Waals surface area contributed by atoms with Crippen LogP contribution in [0, 0.1) is 5.92 Å². The lowest BCUT2D eigenvalue weighted by molar-refractivity contribution is -0.136. The Morgan fingerprint density at radius 2 is 1.68 bits per heavy atom. The van der Waals surface area contributed by atoms with Crippen LogP contribution in [0.3, 0.4) is 0 Å². The monoisotopic (exact) mass is 389 g/mol. The molecule has 0 radical (unpaired) electrons. The van der Waals surface area contributed by atoms with E-state index in [0.29, 0.717) is 11.1 Å². The largest absolute Gasteiger partial charge is 0.488 e. The van der Waals surface area contributed by atoms with E-state index in [4.69, 9.17) is 0 Å². The number of carbonyl (C=O) groups is 1. The Hall–Kier alpha value is -2.32. The van der Waals surface area contributed by atoms with Gasteiger partial charge in [-0.2, -0.15) is 13.2 Å². The van der Waals surface area contributed by atoms with Crippen LogP contribution in [-0.4, -0.2) is 23.1 Å². The van der Waals surface area contributed by atoms with Crippen LogP contribution in [0.1, 0.15) is 42.4 Å². The van der Waals surface area contributed by atoms with Crippen LogP contribution in [0.2, 0.25) is 0 Å². The molecule has 0 bridgehead atoms. The zero-order valence-corrected chi connectivity index (χ0v) is 15.0. The van der Waals surface area contributed by atoms with E-state index in [1.807, 2.05) is 0 Å². The van der Waals surface area contributed by atoms with Gasteiger partial charge >= 0.3 is 13.3 Å². The lowest BCUT2D eigenvalue weighted by atomic mass is 9.65. The number of carbonyl (C=O) groups excluding carboxylic acids is 1. The summed E-state index contributed by atoms with van der Waals surface area (Å²) in [5, 5.41) is 21.2. The van der Waals surface area contributed by atoms with Gasteiger partial charge in [-0.1, -0.05) is 49.2 Å². The van der Waals surface area contributed by atoms with Crippen LogP contribution in [0.5, 0.6) is 0 Å². The fourth-order valence-corrected chi connectivity index (χ4v) is 4.79. The maximum atomic E-state index is 13.5. The minimum atomic E-state index is -4.57. The van der Waals surface area contributed by atoms with Crippen molar-refractivity contribution < 1.29 is 28.0 Å². The SMILES string of the molecule is O=C1Nc2c(C(F)(F)F)cccc2[C@@]1(c1ccc(B(O)O)cc1)C1CCCC1. The van der Waals surface area contributed by atoms with Gasteiger partial charge in [-0.05, 0) is 41.4 Å². The molecule has 0 aromatic heterocycles. The average Bonchev–Trinajstić information content (AvgIpc) is 3.26. The summed E-state index contributed by atoms with van der Waals surface area (Å²) in [6, 6.07) is 10.1. The fraction of sp³-hybridized carbons (Fsp3) is 0.350. The van der Waals surface area contributed by atoms with Crippen molar-refractivity contribution in [3.05, 3.63) is 59.2 Å². The van der Waals surface area contributed by atoms with Crippen molar-refractivity contribution in [1.29, 1.82) is 0 Å². The molecule has 1 fully saturated rings. The summed E-state index contributed by atoms with van der Waals surface area (Å²) in [4.78, 5) is 13.3. The molecule has 8 heteroatoms. The van der Waals surface area contributed by atoms with E-state index in [2.05, 4.69) is 5.32 Å². The van der Waals surface area contributed by atoms with E-state index in [1.165, 1.54) is 18.2 Å². The highest BCUT2D eigenvalue weighted by atomic mass is 19.4. The molecule has 1 amide bonds. The summed E-state index contributed by atoms with van der Waals surface area (Å²) in [5.74, 6) is -0.578. The molecule has 4 nitrogen and oxygen atoms in total. The molecule has 1 atom stereocenters. The van der Waals surface area contributed by atoms with Gasteiger partial charge < -0.3 is 15.4 Å². The van der Waals surface area contributed by atoms with Gasteiger partial charge in [0.25, 0.3) is 0 Å². The molecule has 1 saturated carbocycles. The van der Waals surface area contributed by atoms with E-state index < -0.39 is 30.2 Å². The topological polar surface area (TPSA) is 69.6 Å². The normalized spacial score (nSPS) is 22.2. The molecule has 3 N–H and O–H groups in total. The van der Waals surface area contributed by atoms with E-state index in [1.54, 1.807) is 18.2 Å². The molecule has 28 heavy (non-hydrogen) atoms. The molecule has 1 aliphatic heterocycles. The molecule has 146 valence electrons. The average molecular weight is 389 g/mol. The summed E-state index contributed by atoms with van der Waals surface area (Å²) in [7, 11) is -1.65. The third-order valence-corrected chi connectivity index (χ3v) is 6.02. The van der Waals surface area contributed by atoms with Crippen molar-refractivity contribution in [1.82, 2.24) is 0 Å². The summed E-state index contributed by atoms with van der Waals surface area (Å²) >= 11 is 0. The third kappa shape index (κ3) is 2.74. The van der Waals surface area contributed by atoms with Crippen molar-refractivity contribution in [2.75, 3.05) is 5.32 Å². The van der Waals surface area contributed by atoms with Crippen molar-refractivity contribution in [2.45, 2.75) is 37.3 Å². The second-order valence-electron chi connectivity index (χ2n) is 7.47. The number of hydrogen-bond acceptors (Lipinski definition) is 3. The van der Waals surface area contributed by atoms with Crippen molar-refractivity contribution in [2.24, 2.45) is 5.92 Å². The highest BCUT2D eigenvalue weighted by molar-refractivity contribution is 6.58. The molecule has 2 aliphatic rings. The Kier molecular flexibility index (Phi) is 4.51. The number of alkyl halides is 3. The fourth-order valence-electron chi connectivity index (χ4n) is 4.79. The van der Waals surface area contributed by atoms with E-state index in [-0.39, 0.29) is 17.1 Å². The van der Waals surface area contributed by atoms with Crippen molar-refractivity contribution in [3.63, 3.8) is 0 Å². The first-order chi connectivity index (χ1) is 13.3. The molecular formula is C20H19BF3NO3. The Balaban J connectivity index is 1.95. The van der Waals surface area contributed by atoms with Crippen molar-refractivity contribution in [3.8, 4) is 0 Å². The number of amides is 1. The van der Waals surface area contributed by atoms with Gasteiger partial charge in [0.05, 0.1) is 11.3 Å². The maximum Gasteiger partial charge on any atom is 0.488 e. The Bertz CT molecular complexity index is 908. The number of fused-ring (bicyclic) bond motifs is 1. The van der Waals surface area contributed by atoms with Crippen LogP contribution in [-0.2, 0) is 16.4 Å². The number of nitrogens with one attached hydrogen (secondary N) is 1. The van der Waals surface area contributed by atoms with E-state index >= 15 is 0 Å². The van der Waals surface area contributed by atoms with Crippen LogP contribution in [0.4, 0.5) is 18.9 Å². The summed E-state index contributed by atoms with van der Waals surface area (Å²) < 4.78 is 40.6. The summed E-state index contributed by atoms with van der Waals surface area (Å²) in [6.07, 6.45) is -1.25. The second-order valence-corrected chi connectivity index (χ2v) is 7.47. The number of halogens is 3. The first-order valence-electron chi connectivity index (χ1n) is 9.25. The highest BCUT2D eigenvalue weighted by Crippen LogP contribution is 2.54. The quantitative estimate of drug-likeness (QED) is 0.708. The van der Waals surface area contributed by atoms with Gasteiger partial charge in [0, 0.05) is 0 Å². The number of para-hydroxylation sites is 1. The minimum Gasteiger partial charge on any atom is -0.423 e. The molecule has 2 aromatic carbocycles. The van der Waals surface area contributed by atoms with Crippen LogP contribution in [0.25, 0.3) is 0 Å². The predicted octanol–water partition coefficient (Wildman–Crippen LogP) is 2.81. The van der Waals surface area contributed by atoms with Gasteiger partial charge in [0.2, 0.25) is 5.91 Å². The predicted molar refractivity (Wildman–Crippen MR) is 99.1 cm³/mol. The zero-order chi connectivity index (χ0) is 20.1. The zero-order valence-electron chi connectivity index (χ0n) is 15.0. The number of hydrogen-bond donors (Lipinski definition) is 3. The van der Waals surface area contributed by atoms with E-state index in [9.17, 15) is 28.0 Å². The number of benzene rings is 2. The van der Waals surface area contributed by atoms with Gasteiger partial charge in [-0.25, -0.2) is 0 Å². The second kappa shape index (κ2) is 6.63. The molecule has 4 rings (SSSR count). The lowest BCUT2D eigenvalue weighted by Crippen LogP contribution is -2.42. The highest BCUT2D eigenvalue weighted by Gasteiger charge is 2.55. The molecule has 0 unspecified atom stereocenters. The first kappa shape index (κ1) is 19.0. The lowest BCUT2D eigenvalue weighted by Gasteiger charge is -2.34. The Morgan fingerprint density at radius 1 is 1.04 bits per heavy atom. The summed E-state index contributed by atoms with van der Waals surface area (Å²) in [6.45, 7) is 0. The standard InChI is InChI=1S/C20H19BF3NO3/c22-20(23,24)16-7-3-6-15-17(16)25-18(26)19(15,12-4-1-2-5-12)13-8-10-14(11-9-13)21(27)28/h3,6-12,27-28H,1-2,4-5H2,(H,25,26)/t19-/m0/s1. The van der Waals surface area contributed by atoms with Crippen LogP contribution in [0.15, 0.2) is 42.5 Å². The summed E-state index contributed by atoms with van der Waals surface area (Å²) in [5.41, 5.74) is -1.06. The van der Waals surface area contributed by atoms with Crippen LogP contribution >= 0.6 is 0 Å².